The number of aliphatic hydroxyl groups excluding tert-OH is 1. The van der Waals surface area contributed by atoms with Gasteiger partial charge in [0.25, 0.3) is 0 Å². The van der Waals surface area contributed by atoms with Crippen LogP contribution in [-0.4, -0.2) is 23.8 Å². The lowest BCUT2D eigenvalue weighted by Crippen LogP contribution is -2.39. The third-order valence-electron chi connectivity index (χ3n) is 3.87. The van der Waals surface area contributed by atoms with Crippen molar-refractivity contribution < 1.29 is 9.90 Å². The molecule has 0 bridgehead atoms. The molecule has 3 unspecified atom stereocenters. The Morgan fingerprint density at radius 2 is 2.24 bits per heavy atom. The first kappa shape index (κ1) is 16.1. The Kier molecular flexibility index (Phi) is 5.48. The monoisotopic (exact) mass is 310 g/mol. The molecular formula is C16H23ClN2O2. The van der Waals surface area contributed by atoms with Crippen LogP contribution >= 0.6 is 11.6 Å². The molecular weight excluding hydrogens is 288 g/mol. The molecule has 0 saturated carbocycles. The molecule has 1 aliphatic carbocycles. The van der Waals surface area contributed by atoms with Gasteiger partial charge in [-0.05, 0) is 49.3 Å². The average molecular weight is 311 g/mol. The normalized spacial score (nSPS) is 19.7. The Hall–Kier alpha value is -1.26. The van der Waals surface area contributed by atoms with Crippen LogP contribution in [0.15, 0.2) is 18.2 Å². The standard InChI is InChI=1S/C16H23ClN2O2/c1-10(8-11(2)20)9-18-16(21)19-15-7-6-12-13(15)4-3-5-14(12)17/h3-5,10-11,15,20H,6-9H2,1-2H3,(H2,18,19,21). The lowest BCUT2D eigenvalue weighted by molar-refractivity contribution is 0.163. The van der Waals surface area contributed by atoms with E-state index in [2.05, 4.69) is 10.6 Å². The van der Waals surface area contributed by atoms with Crippen LogP contribution in [0.1, 0.15) is 43.9 Å². The van der Waals surface area contributed by atoms with E-state index >= 15 is 0 Å². The van der Waals surface area contributed by atoms with E-state index in [1.165, 1.54) is 0 Å². The minimum atomic E-state index is -0.339. The highest BCUT2D eigenvalue weighted by atomic mass is 35.5. The van der Waals surface area contributed by atoms with Gasteiger partial charge in [-0.25, -0.2) is 4.79 Å². The quantitative estimate of drug-likeness (QED) is 0.783. The van der Waals surface area contributed by atoms with Crippen LogP contribution < -0.4 is 10.6 Å². The highest BCUT2D eigenvalue weighted by molar-refractivity contribution is 6.31. The molecule has 1 aromatic rings. The van der Waals surface area contributed by atoms with Gasteiger partial charge < -0.3 is 15.7 Å². The molecule has 0 aromatic heterocycles. The zero-order valence-corrected chi connectivity index (χ0v) is 13.3. The van der Waals surface area contributed by atoms with E-state index in [9.17, 15) is 9.90 Å². The molecule has 0 spiro atoms. The molecule has 0 aliphatic heterocycles. The van der Waals surface area contributed by atoms with Crippen molar-refractivity contribution in [1.29, 1.82) is 0 Å². The first-order valence-corrected chi connectivity index (χ1v) is 7.85. The van der Waals surface area contributed by atoms with E-state index in [4.69, 9.17) is 11.6 Å². The maximum Gasteiger partial charge on any atom is 0.315 e. The molecule has 0 fully saturated rings. The molecule has 2 rings (SSSR count). The number of rotatable bonds is 5. The number of carbonyl (C=O) groups excluding carboxylic acids is 1. The van der Waals surface area contributed by atoms with Gasteiger partial charge in [-0.3, -0.25) is 0 Å². The largest absolute Gasteiger partial charge is 0.393 e. The van der Waals surface area contributed by atoms with Crippen LogP contribution in [0.25, 0.3) is 0 Å². The lowest BCUT2D eigenvalue weighted by atomic mass is 10.1. The Morgan fingerprint density at radius 1 is 1.48 bits per heavy atom. The molecule has 1 aromatic carbocycles. The van der Waals surface area contributed by atoms with Crippen molar-refractivity contribution in [1.82, 2.24) is 10.6 Å². The zero-order valence-electron chi connectivity index (χ0n) is 12.5. The third kappa shape index (κ3) is 4.35. The second kappa shape index (κ2) is 7.14. The molecule has 21 heavy (non-hydrogen) atoms. The van der Waals surface area contributed by atoms with Crippen LogP contribution in [0.5, 0.6) is 0 Å². The average Bonchev–Trinajstić information content (AvgIpc) is 2.80. The highest BCUT2D eigenvalue weighted by Gasteiger charge is 2.25. The molecule has 1 aliphatic rings. The maximum atomic E-state index is 12.0. The molecule has 5 heteroatoms. The zero-order chi connectivity index (χ0) is 15.4. The van der Waals surface area contributed by atoms with Gasteiger partial charge in [0, 0.05) is 11.6 Å². The number of nitrogens with one attached hydrogen (secondary N) is 2. The summed E-state index contributed by atoms with van der Waals surface area (Å²) in [5, 5.41) is 16.0. The molecule has 116 valence electrons. The molecule has 3 N–H and O–H groups in total. The van der Waals surface area contributed by atoms with E-state index in [0.717, 1.165) is 29.0 Å². The van der Waals surface area contributed by atoms with Crippen molar-refractivity contribution in [3.8, 4) is 0 Å². The number of benzene rings is 1. The summed E-state index contributed by atoms with van der Waals surface area (Å²) in [5.74, 6) is 0.251. The van der Waals surface area contributed by atoms with E-state index < -0.39 is 0 Å². The van der Waals surface area contributed by atoms with Crippen LogP contribution in [0.3, 0.4) is 0 Å². The first-order valence-electron chi connectivity index (χ1n) is 7.47. The summed E-state index contributed by atoms with van der Waals surface area (Å²) in [6.45, 7) is 4.33. The summed E-state index contributed by atoms with van der Waals surface area (Å²) in [5.41, 5.74) is 2.27. The van der Waals surface area contributed by atoms with Gasteiger partial charge >= 0.3 is 6.03 Å². The number of fused-ring (bicyclic) bond motifs is 1. The highest BCUT2D eigenvalue weighted by Crippen LogP contribution is 2.35. The third-order valence-corrected chi connectivity index (χ3v) is 4.23. The summed E-state index contributed by atoms with van der Waals surface area (Å²) in [6, 6.07) is 5.70. The Balaban J connectivity index is 1.84. The van der Waals surface area contributed by atoms with Crippen LogP contribution in [-0.2, 0) is 6.42 Å². The molecule has 3 atom stereocenters. The van der Waals surface area contributed by atoms with Crippen molar-refractivity contribution in [3.63, 3.8) is 0 Å². The van der Waals surface area contributed by atoms with E-state index in [-0.39, 0.29) is 24.1 Å². The van der Waals surface area contributed by atoms with Gasteiger partial charge in [-0.1, -0.05) is 30.7 Å². The van der Waals surface area contributed by atoms with Crippen LogP contribution in [0, 0.1) is 5.92 Å². The van der Waals surface area contributed by atoms with Gasteiger partial charge in [0.2, 0.25) is 0 Å². The van der Waals surface area contributed by atoms with Crippen LogP contribution in [0.2, 0.25) is 5.02 Å². The topological polar surface area (TPSA) is 61.4 Å². The number of urea groups is 1. The Labute approximate surface area is 130 Å². The fraction of sp³-hybridized carbons (Fsp3) is 0.562. The molecule has 0 saturated heterocycles. The Morgan fingerprint density at radius 3 is 2.95 bits per heavy atom. The molecule has 4 nitrogen and oxygen atoms in total. The summed E-state index contributed by atoms with van der Waals surface area (Å²) >= 11 is 6.17. The fourth-order valence-corrected chi connectivity index (χ4v) is 3.18. The lowest BCUT2D eigenvalue weighted by Gasteiger charge is -2.18. The molecule has 2 amide bonds. The number of carbonyl (C=O) groups is 1. The smallest absolute Gasteiger partial charge is 0.315 e. The first-order chi connectivity index (χ1) is 9.97. The minimum Gasteiger partial charge on any atom is -0.393 e. The van der Waals surface area contributed by atoms with E-state index in [1.807, 2.05) is 25.1 Å². The number of hydrogen-bond donors (Lipinski definition) is 3. The fourth-order valence-electron chi connectivity index (χ4n) is 2.90. The molecule has 0 heterocycles. The predicted octanol–water partition coefficient (Wildman–Crippen LogP) is 3.03. The second-order valence-electron chi connectivity index (χ2n) is 5.94. The summed E-state index contributed by atoms with van der Waals surface area (Å²) < 4.78 is 0. The van der Waals surface area contributed by atoms with Crippen molar-refractivity contribution in [3.05, 3.63) is 34.3 Å². The van der Waals surface area contributed by atoms with E-state index in [0.29, 0.717) is 13.0 Å². The Bertz CT molecular complexity index is 505. The predicted molar refractivity (Wildman–Crippen MR) is 84.5 cm³/mol. The second-order valence-corrected chi connectivity index (χ2v) is 6.35. The van der Waals surface area contributed by atoms with Crippen molar-refractivity contribution in [2.75, 3.05) is 6.54 Å². The summed E-state index contributed by atoms with van der Waals surface area (Å²) in [7, 11) is 0. The van der Waals surface area contributed by atoms with Gasteiger partial charge in [0.05, 0.1) is 12.1 Å². The van der Waals surface area contributed by atoms with Gasteiger partial charge in [0.1, 0.15) is 0 Å². The number of amides is 2. The van der Waals surface area contributed by atoms with Crippen molar-refractivity contribution in [2.45, 2.75) is 45.3 Å². The minimum absolute atomic E-state index is 0.0331. The summed E-state index contributed by atoms with van der Waals surface area (Å²) in [4.78, 5) is 12.0. The number of hydrogen-bond acceptors (Lipinski definition) is 2. The number of halogens is 1. The van der Waals surface area contributed by atoms with Crippen LogP contribution in [0.4, 0.5) is 4.79 Å². The number of aliphatic hydroxyl groups is 1. The van der Waals surface area contributed by atoms with Gasteiger partial charge in [0.15, 0.2) is 0 Å². The summed E-state index contributed by atoms with van der Waals surface area (Å²) in [6.07, 6.45) is 2.13. The SMILES string of the molecule is CC(O)CC(C)CNC(=O)NC1CCc2c(Cl)cccc21. The van der Waals surface area contributed by atoms with Crippen molar-refractivity contribution in [2.24, 2.45) is 5.92 Å². The van der Waals surface area contributed by atoms with E-state index in [1.54, 1.807) is 6.92 Å². The molecule has 0 radical (unpaired) electrons. The van der Waals surface area contributed by atoms with Crippen molar-refractivity contribution >= 4 is 17.6 Å². The van der Waals surface area contributed by atoms with Gasteiger partial charge in [-0.2, -0.15) is 0 Å². The van der Waals surface area contributed by atoms with Gasteiger partial charge in [-0.15, -0.1) is 0 Å². The maximum absolute atomic E-state index is 12.0.